The summed E-state index contributed by atoms with van der Waals surface area (Å²) in [6.45, 7) is 0.243. The van der Waals surface area contributed by atoms with E-state index in [0.717, 1.165) is 0 Å². The van der Waals surface area contributed by atoms with E-state index >= 15 is 0 Å². The Kier molecular flexibility index (Phi) is 5.08. The third-order valence-corrected chi connectivity index (χ3v) is 9.17. The van der Waals surface area contributed by atoms with Gasteiger partial charge in [0.2, 0.25) is 5.52 Å². The second-order valence-electron chi connectivity index (χ2n) is 7.42. The number of carboxylic acid groups (broad SMARTS) is 1. The van der Waals surface area contributed by atoms with Crippen molar-refractivity contribution in [2.45, 2.75) is 33.7 Å². The van der Waals surface area contributed by atoms with E-state index < -0.39 is 32.2 Å². The van der Waals surface area contributed by atoms with Crippen molar-refractivity contribution in [1.29, 1.82) is 0 Å². The molecule has 3 heterocycles. The number of thioether (sulfide) groups is 1. The fourth-order valence-corrected chi connectivity index (χ4v) is 7.54. The van der Waals surface area contributed by atoms with Gasteiger partial charge in [0.25, 0.3) is 5.01 Å². The van der Waals surface area contributed by atoms with Crippen molar-refractivity contribution >= 4 is 71.3 Å². The maximum atomic E-state index is 11.7. The highest BCUT2D eigenvalue weighted by atomic mass is 32.2. The lowest BCUT2D eigenvalue weighted by atomic mass is 10.1. The number of carboxylic acids is 1. The van der Waals surface area contributed by atoms with Gasteiger partial charge in [-0.05, 0) is 30.3 Å². The molecule has 0 spiro atoms. The summed E-state index contributed by atoms with van der Waals surface area (Å²) in [5.41, 5.74) is 1.26. The van der Waals surface area contributed by atoms with Crippen molar-refractivity contribution in [2.24, 2.45) is 0 Å². The zero-order valence-electron chi connectivity index (χ0n) is 16.4. The Morgan fingerprint density at radius 1 is 1.09 bits per heavy atom. The molecule has 2 aromatic carbocycles. The summed E-state index contributed by atoms with van der Waals surface area (Å²) in [7, 11) is -9.28. The normalized spacial score (nSPS) is 17.8. The summed E-state index contributed by atoms with van der Waals surface area (Å²) in [4.78, 5) is 13.3. The van der Waals surface area contributed by atoms with Crippen LogP contribution in [0.5, 0.6) is 0 Å². The van der Waals surface area contributed by atoms with Crippen LogP contribution in [0.4, 0.5) is 5.69 Å². The third kappa shape index (κ3) is 3.92. The summed E-state index contributed by atoms with van der Waals surface area (Å²) in [5.74, 6) is -1.03. The second kappa shape index (κ2) is 7.51. The number of aromatic nitrogens is 1. The highest BCUT2D eigenvalue weighted by Gasteiger charge is 2.39. The van der Waals surface area contributed by atoms with Gasteiger partial charge in [-0.25, -0.2) is 16.8 Å². The number of hydrogen-bond acceptors (Lipinski definition) is 10. The minimum Gasteiger partial charge on any atom is -0.744 e. The molecular formula is C19H13N2O8S4-. The van der Waals surface area contributed by atoms with Crippen molar-refractivity contribution in [3.05, 3.63) is 46.4 Å². The van der Waals surface area contributed by atoms with Gasteiger partial charge in [-0.1, -0.05) is 23.1 Å². The van der Waals surface area contributed by atoms with Crippen molar-refractivity contribution in [1.82, 2.24) is 0 Å². The Morgan fingerprint density at radius 3 is 2.42 bits per heavy atom. The average Bonchev–Trinajstić information content (AvgIpc) is 3.18. The van der Waals surface area contributed by atoms with E-state index in [4.69, 9.17) is 0 Å². The molecule has 1 N–H and O–H groups in total. The van der Waals surface area contributed by atoms with Crippen molar-refractivity contribution < 1.29 is 40.4 Å². The van der Waals surface area contributed by atoms with Gasteiger partial charge < -0.3 is 19.1 Å². The molecule has 1 unspecified atom stereocenters. The summed E-state index contributed by atoms with van der Waals surface area (Å²) in [5, 5.41) is 10.9. The SMILES string of the molecule is O=C(O)CC1C[n+]2c(sc3cc(S(=O)(=O)[O-])ccc32)C=C2Sc3cc(S(=O)(=O)[O-])ccc3N21. The molecule has 0 radical (unpaired) electrons. The standard InChI is InChI=1S/C19H14N2O8S4/c22-19(23)5-10-9-20-13-3-1-11(32(24,25)26)6-15(13)30-17(20)8-18-21(10)14-4-2-12(33(27,28)29)7-16(14)31-18/h1-4,6-8,10H,5,9H2,(H2-,22,23,24,25,26,27,28,29)/p-1. The van der Waals surface area contributed by atoms with E-state index in [1.807, 2.05) is 9.47 Å². The van der Waals surface area contributed by atoms with Crippen LogP contribution in [-0.2, 0) is 31.6 Å². The van der Waals surface area contributed by atoms with Crippen LogP contribution in [0.3, 0.4) is 0 Å². The zero-order valence-corrected chi connectivity index (χ0v) is 19.6. The van der Waals surface area contributed by atoms with Gasteiger partial charge in [0.15, 0.2) is 6.54 Å². The molecule has 0 saturated heterocycles. The quantitative estimate of drug-likeness (QED) is 0.393. The van der Waals surface area contributed by atoms with E-state index in [-0.39, 0.29) is 22.8 Å². The lowest BCUT2D eigenvalue weighted by Gasteiger charge is -2.26. The van der Waals surface area contributed by atoms with Gasteiger partial charge in [0.1, 0.15) is 31.0 Å². The monoisotopic (exact) mass is 525 g/mol. The molecule has 0 bridgehead atoms. The molecule has 0 saturated carbocycles. The summed E-state index contributed by atoms with van der Waals surface area (Å²) in [6.07, 6.45) is 1.57. The summed E-state index contributed by atoms with van der Waals surface area (Å²) < 4.78 is 71.0. The van der Waals surface area contributed by atoms with Gasteiger partial charge in [0.05, 0.1) is 33.0 Å². The first-order chi connectivity index (χ1) is 15.4. The molecule has 0 amide bonds. The molecule has 2 aliphatic heterocycles. The largest absolute Gasteiger partial charge is 0.744 e. The van der Waals surface area contributed by atoms with Crippen LogP contribution in [0, 0.1) is 0 Å². The number of rotatable bonds is 4. The first-order valence-electron chi connectivity index (χ1n) is 9.34. The predicted octanol–water partition coefficient (Wildman–Crippen LogP) is 1.76. The number of carbonyl (C=O) groups is 1. The predicted molar refractivity (Wildman–Crippen MR) is 117 cm³/mol. The molecule has 14 heteroatoms. The van der Waals surface area contributed by atoms with Crippen LogP contribution in [0.15, 0.2) is 56.1 Å². The van der Waals surface area contributed by atoms with Crippen LogP contribution < -0.4 is 9.47 Å². The first kappa shape index (κ1) is 22.3. The number of benzene rings is 2. The van der Waals surface area contributed by atoms with Gasteiger partial charge in [-0.3, -0.25) is 4.79 Å². The fourth-order valence-electron chi connectivity index (χ4n) is 3.98. The number of thiazole rings is 1. The second-order valence-corrected chi connectivity index (χ2v) is 12.3. The first-order valence-corrected chi connectivity index (χ1v) is 13.8. The minimum atomic E-state index is -4.65. The van der Waals surface area contributed by atoms with Gasteiger partial charge in [-0.15, -0.1) is 0 Å². The Bertz CT molecular complexity index is 1590. The van der Waals surface area contributed by atoms with Crippen LogP contribution in [-0.4, -0.2) is 43.1 Å². The Balaban J connectivity index is 1.68. The molecule has 10 nitrogen and oxygen atoms in total. The molecule has 172 valence electrons. The molecule has 33 heavy (non-hydrogen) atoms. The number of nitrogens with zero attached hydrogens (tertiary/aromatic N) is 2. The highest BCUT2D eigenvalue weighted by Crippen LogP contribution is 2.50. The maximum absolute atomic E-state index is 11.7. The minimum absolute atomic E-state index is 0.226. The molecular weight excluding hydrogens is 512 g/mol. The third-order valence-electron chi connectivity index (χ3n) is 5.34. The smallest absolute Gasteiger partial charge is 0.305 e. The van der Waals surface area contributed by atoms with E-state index in [1.165, 1.54) is 59.5 Å². The summed E-state index contributed by atoms with van der Waals surface area (Å²) in [6, 6.07) is 7.48. The van der Waals surface area contributed by atoms with Crippen molar-refractivity contribution in [3.63, 3.8) is 0 Å². The lowest BCUT2D eigenvalue weighted by molar-refractivity contribution is -0.670. The van der Waals surface area contributed by atoms with Gasteiger partial charge in [-0.2, -0.15) is 4.57 Å². The van der Waals surface area contributed by atoms with E-state index in [2.05, 4.69) is 0 Å². The van der Waals surface area contributed by atoms with Crippen molar-refractivity contribution in [2.75, 3.05) is 4.90 Å². The number of aliphatic carboxylic acids is 1. The lowest BCUT2D eigenvalue weighted by Crippen LogP contribution is -2.46. The summed E-state index contributed by atoms with van der Waals surface area (Å²) >= 11 is 2.46. The number of hydrogen-bond donors (Lipinski definition) is 1. The van der Waals surface area contributed by atoms with Crippen LogP contribution in [0.25, 0.3) is 16.3 Å². The average molecular weight is 526 g/mol. The Hall–Kier alpha value is -2.49. The van der Waals surface area contributed by atoms with Gasteiger partial charge in [0, 0.05) is 11.0 Å². The molecule has 2 aliphatic rings. The van der Waals surface area contributed by atoms with E-state index in [0.29, 0.717) is 30.8 Å². The topological polar surface area (TPSA) is 159 Å². The van der Waals surface area contributed by atoms with E-state index in [1.54, 1.807) is 6.08 Å². The molecule has 1 aromatic heterocycles. The van der Waals surface area contributed by atoms with E-state index in [9.17, 15) is 35.8 Å². The number of anilines is 1. The highest BCUT2D eigenvalue weighted by molar-refractivity contribution is 8.04. The van der Waals surface area contributed by atoms with Crippen LogP contribution in [0.2, 0.25) is 0 Å². The molecule has 1 atom stereocenters. The number of fused-ring (bicyclic) bond motifs is 6. The fraction of sp³-hybridized carbons (Fsp3) is 0.158. The van der Waals surface area contributed by atoms with Crippen LogP contribution >= 0.6 is 23.1 Å². The molecule has 0 fully saturated rings. The van der Waals surface area contributed by atoms with Crippen LogP contribution in [0.1, 0.15) is 11.4 Å². The maximum Gasteiger partial charge on any atom is 0.305 e. The Morgan fingerprint density at radius 2 is 1.76 bits per heavy atom. The zero-order chi connectivity index (χ0) is 23.7. The van der Waals surface area contributed by atoms with Crippen molar-refractivity contribution in [3.8, 4) is 0 Å². The molecule has 3 aromatic rings. The molecule has 0 aliphatic carbocycles. The molecule has 5 rings (SSSR count). The Labute approximate surface area is 196 Å². The van der Waals surface area contributed by atoms with Gasteiger partial charge >= 0.3 is 5.97 Å².